The molecule has 1 heterocycles. The first-order valence-electron chi connectivity index (χ1n) is 6.35. The SMILES string of the molecule is CCNC(C)c1cccc(F)c1Sc1n[nH]c(=O)n1C. The number of halogens is 1. The highest BCUT2D eigenvalue weighted by Crippen LogP contribution is 2.33. The molecule has 2 N–H and O–H groups in total. The Morgan fingerprint density at radius 1 is 1.55 bits per heavy atom. The molecular weight excluding hydrogens is 279 g/mol. The van der Waals surface area contributed by atoms with Gasteiger partial charge in [-0.05, 0) is 36.9 Å². The number of H-pyrrole nitrogens is 1. The first-order chi connectivity index (χ1) is 9.54. The lowest BCUT2D eigenvalue weighted by atomic mass is 10.1. The van der Waals surface area contributed by atoms with Crippen LogP contribution in [0.25, 0.3) is 0 Å². The Morgan fingerprint density at radius 3 is 2.90 bits per heavy atom. The molecule has 1 aromatic carbocycles. The molecule has 0 fully saturated rings. The monoisotopic (exact) mass is 296 g/mol. The third-order valence-electron chi connectivity index (χ3n) is 3.01. The number of aromatic nitrogens is 3. The Labute approximate surface area is 120 Å². The third-order valence-corrected chi connectivity index (χ3v) is 4.19. The summed E-state index contributed by atoms with van der Waals surface area (Å²) in [6, 6.07) is 5.00. The van der Waals surface area contributed by atoms with Gasteiger partial charge < -0.3 is 5.32 Å². The van der Waals surface area contributed by atoms with Crippen molar-refractivity contribution in [1.29, 1.82) is 0 Å². The van der Waals surface area contributed by atoms with Gasteiger partial charge in [0, 0.05) is 13.1 Å². The van der Waals surface area contributed by atoms with Crippen LogP contribution in [-0.4, -0.2) is 21.3 Å². The molecule has 0 radical (unpaired) electrons. The summed E-state index contributed by atoms with van der Waals surface area (Å²) < 4.78 is 15.5. The summed E-state index contributed by atoms with van der Waals surface area (Å²) in [4.78, 5) is 11.9. The summed E-state index contributed by atoms with van der Waals surface area (Å²) in [5.74, 6) is -0.312. The number of aromatic amines is 1. The minimum Gasteiger partial charge on any atom is -0.310 e. The molecule has 1 unspecified atom stereocenters. The van der Waals surface area contributed by atoms with Gasteiger partial charge in [-0.25, -0.2) is 14.3 Å². The lowest BCUT2D eigenvalue weighted by Crippen LogP contribution is -2.18. The van der Waals surface area contributed by atoms with Crippen LogP contribution in [0, 0.1) is 5.82 Å². The topological polar surface area (TPSA) is 62.7 Å². The minimum absolute atomic E-state index is 0.0224. The molecule has 0 bridgehead atoms. The van der Waals surface area contributed by atoms with Gasteiger partial charge in [-0.3, -0.25) is 4.57 Å². The van der Waals surface area contributed by atoms with E-state index in [1.165, 1.54) is 10.6 Å². The van der Waals surface area contributed by atoms with E-state index in [9.17, 15) is 9.18 Å². The highest BCUT2D eigenvalue weighted by molar-refractivity contribution is 7.99. The van der Waals surface area contributed by atoms with Crippen LogP contribution in [0.15, 0.2) is 33.0 Å². The van der Waals surface area contributed by atoms with Gasteiger partial charge in [-0.2, -0.15) is 0 Å². The second kappa shape index (κ2) is 6.23. The van der Waals surface area contributed by atoms with Crippen LogP contribution in [0.4, 0.5) is 4.39 Å². The molecule has 1 atom stereocenters. The Kier molecular flexibility index (Phi) is 4.61. The highest BCUT2D eigenvalue weighted by atomic mass is 32.2. The fraction of sp³-hybridized carbons (Fsp3) is 0.385. The molecule has 108 valence electrons. The summed E-state index contributed by atoms with van der Waals surface area (Å²) in [5, 5.41) is 9.94. The molecule has 2 rings (SSSR count). The molecule has 0 spiro atoms. The van der Waals surface area contributed by atoms with Crippen molar-refractivity contribution in [3.8, 4) is 0 Å². The zero-order valence-corrected chi connectivity index (χ0v) is 12.4. The summed E-state index contributed by atoms with van der Waals surface area (Å²) in [6.07, 6.45) is 0. The van der Waals surface area contributed by atoms with E-state index >= 15 is 0 Å². The maximum absolute atomic E-state index is 14.1. The lowest BCUT2D eigenvalue weighted by molar-refractivity contribution is 0.557. The van der Waals surface area contributed by atoms with E-state index < -0.39 is 0 Å². The molecule has 20 heavy (non-hydrogen) atoms. The normalized spacial score (nSPS) is 12.6. The molecule has 5 nitrogen and oxygen atoms in total. The van der Waals surface area contributed by atoms with Crippen molar-refractivity contribution in [3.05, 3.63) is 40.1 Å². The van der Waals surface area contributed by atoms with E-state index in [0.717, 1.165) is 23.9 Å². The smallest absolute Gasteiger partial charge is 0.310 e. The summed E-state index contributed by atoms with van der Waals surface area (Å²) >= 11 is 1.15. The zero-order valence-electron chi connectivity index (χ0n) is 11.6. The van der Waals surface area contributed by atoms with Crippen LogP contribution in [0.3, 0.4) is 0 Å². The number of rotatable bonds is 5. The Balaban J connectivity index is 2.40. The highest BCUT2D eigenvalue weighted by Gasteiger charge is 2.17. The number of hydrogen-bond acceptors (Lipinski definition) is 4. The van der Waals surface area contributed by atoms with Crippen molar-refractivity contribution in [2.24, 2.45) is 7.05 Å². The van der Waals surface area contributed by atoms with Gasteiger partial charge in [-0.1, -0.05) is 19.1 Å². The van der Waals surface area contributed by atoms with Crippen LogP contribution >= 0.6 is 11.8 Å². The van der Waals surface area contributed by atoms with Gasteiger partial charge in [0.05, 0.1) is 4.90 Å². The van der Waals surface area contributed by atoms with Gasteiger partial charge >= 0.3 is 5.69 Å². The molecule has 0 aliphatic rings. The first-order valence-corrected chi connectivity index (χ1v) is 7.17. The molecule has 7 heteroatoms. The molecule has 1 aromatic heterocycles. The number of nitrogens with zero attached hydrogens (tertiary/aromatic N) is 2. The Morgan fingerprint density at radius 2 is 2.30 bits per heavy atom. The maximum Gasteiger partial charge on any atom is 0.343 e. The molecule has 0 aliphatic heterocycles. The second-order valence-corrected chi connectivity index (χ2v) is 5.39. The number of benzene rings is 1. The average Bonchev–Trinajstić information content (AvgIpc) is 2.73. The van der Waals surface area contributed by atoms with Crippen LogP contribution < -0.4 is 11.0 Å². The van der Waals surface area contributed by atoms with Crippen molar-refractivity contribution in [2.45, 2.75) is 29.9 Å². The van der Waals surface area contributed by atoms with E-state index in [-0.39, 0.29) is 17.5 Å². The third kappa shape index (κ3) is 2.94. The molecule has 0 amide bonds. The van der Waals surface area contributed by atoms with Crippen LogP contribution in [0.5, 0.6) is 0 Å². The average molecular weight is 296 g/mol. The fourth-order valence-electron chi connectivity index (χ4n) is 1.91. The maximum atomic E-state index is 14.1. The van der Waals surface area contributed by atoms with Crippen LogP contribution in [0.1, 0.15) is 25.5 Å². The first kappa shape index (κ1) is 14.8. The van der Waals surface area contributed by atoms with Crippen molar-refractivity contribution < 1.29 is 4.39 Å². The van der Waals surface area contributed by atoms with Crippen molar-refractivity contribution >= 4 is 11.8 Å². The van der Waals surface area contributed by atoms with E-state index in [1.807, 2.05) is 19.9 Å². The van der Waals surface area contributed by atoms with E-state index in [2.05, 4.69) is 15.5 Å². The van der Waals surface area contributed by atoms with Crippen LogP contribution in [-0.2, 0) is 7.05 Å². The van der Waals surface area contributed by atoms with Crippen molar-refractivity contribution in [1.82, 2.24) is 20.1 Å². The fourth-order valence-corrected chi connectivity index (χ4v) is 2.93. The lowest BCUT2D eigenvalue weighted by Gasteiger charge is -2.17. The molecule has 0 aliphatic carbocycles. The quantitative estimate of drug-likeness (QED) is 0.886. The van der Waals surface area contributed by atoms with Gasteiger partial charge in [-0.15, -0.1) is 5.10 Å². The van der Waals surface area contributed by atoms with Gasteiger partial charge in [0.2, 0.25) is 0 Å². The number of hydrogen-bond donors (Lipinski definition) is 2. The predicted molar refractivity (Wildman–Crippen MR) is 76.4 cm³/mol. The molecule has 0 saturated heterocycles. The number of nitrogens with one attached hydrogen (secondary N) is 2. The van der Waals surface area contributed by atoms with Crippen molar-refractivity contribution in [2.75, 3.05) is 6.54 Å². The standard InChI is InChI=1S/C13H17FN4OS/c1-4-15-8(2)9-6-5-7-10(14)11(9)20-13-17-16-12(19)18(13)3/h5-8,15H,4H2,1-3H3,(H,16,19). The largest absolute Gasteiger partial charge is 0.343 e. The Bertz CT molecular complexity index is 652. The predicted octanol–water partition coefficient (Wildman–Crippen LogP) is 2.07. The second-order valence-electron chi connectivity index (χ2n) is 4.41. The minimum atomic E-state index is -0.315. The zero-order chi connectivity index (χ0) is 14.7. The van der Waals surface area contributed by atoms with E-state index in [0.29, 0.717) is 10.1 Å². The summed E-state index contributed by atoms with van der Waals surface area (Å²) in [6.45, 7) is 4.77. The summed E-state index contributed by atoms with van der Waals surface area (Å²) in [7, 11) is 1.60. The molecular formula is C13H17FN4OS. The molecule has 0 saturated carbocycles. The van der Waals surface area contributed by atoms with Gasteiger partial charge in [0.15, 0.2) is 5.16 Å². The van der Waals surface area contributed by atoms with Gasteiger partial charge in [0.25, 0.3) is 0 Å². The Hall–Kier alpha value is -1.60. The summed E-state index contributed by atoms with van der Waals surface area (Å²) in [5.41, 5.74) is 0.539. The molecule has 2 aromatic rings. The van der Waals surface area contributed by atoms with E-state index in [1.54, 1.807) is 13.1 Å². The van der Waals surface area contributed by atoms with Crippen molar-refractivity contribution in [3.63, 3.8) is 0 Å². The van der Waals surface area contributed by atoms with E-state index in [4.69, 9.17) is 0 Å². The van der Waals surface area contributed by atoms with Crippen LogP contribution in [0.2, 0.25) is 0 Å². The van der Waals surface area contributed by atoms with Gasteiger partial charge in [0.1, 0.15) is 5.82 Å².